The lowest BCUT2D eigenvalue weighted by Gasteiger charge is -2.13. The molecule has 1 aromatic carbocycles. The summed E-state index contributed by atoms with van der Waals surface area (Å²) in [4.78, 5) is 13.2. The van der Waals surface area contributed by atoms with Gasteiger partial charge in [-0.1, -0.05) is 17.2 Å². The van der Waals surface area contributed by atoms with Crippen molar-refractivity contribution in [3.8, 4) is 6.07 Å². The Labute approximate surface area is 89.9 Å². The van der Waals surface area contributed by atoms with Gasteiger partial charge in [0.1, 0.15) is 6.54 Å². The molecule has 3 heteroatoms. The number of carbonyl (C=O) groups is 1. The molecule has 1 aromatic rings. The van der Waals surface area contributed by atoms with E-state index in [1.54, 1.807) is 7.05 Å². The average molecular weight is 202 g/mol. The molecular formula is C12H14N2O. The van der Waals surface area contributed by atoms with Gasteiger partial charge in [0.15, 0.2) is 0 Å². The van der Waals surface area contributed by atoms with Gasteiger partial charge in [0, 0.05) is 12.6 Å². The van der Waals surface area contributed by atoms with E-state index in [2.05, 4.69) is 0 Å². The number of benzene rings is 1. The summed E-state index contributed by atoms with van der Waals surface area (Å²) in [6, 6.07) is 7.64. The molecule has 0 aliphatic rings. The van der Waals surface area contributed by atoms with Gasteiger partial charge in [0.25, 0.3) is 5.91 Å². The first kappa shape index (κ1) is 11.3. The highest BCUT2D eigenvalue weighted by molar-refractivity contribution is 5.94. The molecule has 0 radical (unpaired) electrons. The monoisotopic (exact) mass is 202 g/mol. The number of amides is 1. The lowest BCUT2D eigenvalue weighted by atomic mass is 10.1. The fourth-order valence-corrected chi connectivity index (χ4v) is 1.50. The van der Waals surface area contributed by atoms with Gasteiger partial charge in [-0.25, -0.2) is 0 Å². The zero-order valence-corrected chi connectivity index (χ0v) is 9.24. The van der Waals surface area contributed by atoms with Crippen LogP contribution in [0, 0.1) is 25.2 Å². The molecule has 1 amide bonds. The predicted octanol–water partition coefficient (Wildman–Crippen LogP) is 1.90. The summed E-state index contributed by atoms with van der Waals surface area (Å²) in [6.07, 6.45) is 0. The summed E-state index contributed by atoms with van der Waals surface area (Å²) in [7, 11) is 1.63. The normalized spacial score (nSPS) is 9.47. The number of nitrogens with zero attached hydrogens (tertiary/aromatic N) is 2. The Morgan fingerprint density at radius 3 is 2.33 bits per heavy atom. The molecule has 0 aliphatic heterocycles. The van der Waals surface area contributed by atoms with Crippen LogP contribution in [0.3, 0.4) is 0 Å². The Bertz CT molecular complexity index is 398. The molecule has 0 atom stereocenters. The summed E-state index contributed by atoms with van der Waals surface area (Å²) in [5.41, 5.74) is 2.76. The van der Waals surface area contributed by atoms with Crippen molar-refractivity contribution in [1.82, 2.24) is 4.90 Å². The standard InChI is InChI=1S/C12H14N2O/c1-9-6-10(2)8-11(7-9)12(15)14(3)5-4-13/h6-8H,5H2,1-3H3. The van der Waals surface area contributed by atoms with E-state index in [0.29, 0.717) is 5.56 Å². The topological polar surface area (TPSA) is 44.1 Å². The second-order valence-corrected chi connectivity index (χ2v) is 3.70. The first-order chi connectivity index (χ1) is 7.04. The van der Waals surface area contributed by atoms with Crippen LogP contribution in [0.2, 0.25) is 0 Å². The third-order valence-electron chi connectivity index (χ3n) is 2.12. The number of carbonyl (C=O) groups excluding carboxylic acids is 1. The SMILES string of the molecule is Cc1cc(C)cc(C(=O)N(C)CC#N)c1. The molecule has 3 nitrogen and oxygen atoms in total. The fourth-order valence-electron chi connectivity index (χ4n) is 1.50. The number of nitriles is 1. The Hall–Kier alpha value is -1.82. The van der Waals surface area contributed by atoms with Gasteiger partial charge in [0.2, 0.25) is 0 Å². The zero-order valence-electron chi connectivity index (χ0n) is 9.24. The van der Waals surface area contributed by atoms with Crippen LogP contribution in [-0.4, -0.2) is 24.4 Å². The van der Waals surface area contributed by atoms with Crippen molar-refractivity contribution in [2.75, 3.05) is 13.6 Å². The quantitative estimate of drug-likeness (QED) is 0.687. The van der Waals surface area contributed by atoms with Crippen LogP contribution in [-0.2, 0) is 0 Å². The van der Waals surface area contributed by atoms with Crippen molar-refractivity contribution in [2.24, 2.45) is 0 Å². The van der Waals surface area contributed by atoms with Crippen LogP contribution >= 0.6 is 0 Å². The van der Waals surface area contributed by atoms with E-state index in [0.717, 1.165) is 11.1 Å². The van der Waals surface area contributed by atoms with Crippen molar-refractivity contribution in [3.05, 3.63) is 34.9 Å². The highest BCUT2D eigenvalue weighted by atomic mass is 16.2. The first-order valence-electron chi connectivity index (χ1n) is 4.75. The van der Waals surface area contributed by atoms with Crippen molar-refractivity contribution >= 4 is 5.91 Å². The van der Waals surface area contributed by atoms with Crippen LogP contribution in [0.4, 0.5) is 0 Å². The van der Waals surface area contributed by atoms with Crippen LogP contribution < -0.4 is 0 Å². The third-order valence-corrected chi connectivity index (χ3v) is 2.12. The number of aryl methyl sites for hydroxylation is 2. The van der Waals surface area contributed by atoms with E-state index >= 15 is 0 Å². The van der Waals surface area contributed by atoms with E-state index in [4.69, 9.17) is 5.26 Å². The smallest absolute Gasteiger partial charge is 0.254 e. The minimum absolute atomic E-state index is 0.108. The molecular weight excluding hydrogens is 188 g/mol. The maximum absolute atomic E-state index is 11.8. The van der Waals surface area contributed by atoms with Gasteiger partial charge in [0.05, 0.1) is 6.07 Å². The third kappa shape index (κ3) is 2.81. The van der Waals surface area contributed by atoms with Gasteiger partial charge >= 0.3 is 0 Å². The maximum Gasteiger partial charge on any atom is 0.254 e. The lowest BCUT2D eigenvalue weighted by Crippen LogP contribution is -2.27. The van der Waals surface area contributed by atoms with Gasteiger partial charge in [-0.15, -0.1) is 0 Å². The summed E-state index contributed by atoms with van der Waals surface area (Å²) >= 11 is 0. The van der Waals surface area contributed by atoms with Gasteiger partial charge in [-0.3, -0.25) is 4.79 Å². The number of rotatable bonds is 2. The summed E-state index contributed by atoms with van der Waals surface area (Å²) < 4.78 is 0. The van der Waals surface area contributed by atoms with Crippen molar-refractivity contribution in [3.63, 3.8) is 0 Å². The molecule has 0 N–H and O–H groups in total. The van der Waals surface area contributed by atoms with E-state index in [1.807, 2.05) is 38.1 Å². The summed E-state index contributed by atoms with van der Waals surface area (Å²) in [5.74, 6) is -0.108. The van der Waals surface area contributed by atoms with Crippen molar-refractivity contribution < 1.29 is 4.79 Å². The minimum atomic E-state index is -0.108. The molecule has 0 saturated carbocycles. The predicted molar refractivity (Wildman–Crippen MR) is 58.5 cm³/mol. The molecule has 0 heterocycles. The molecule has 0 saturated heterocycles. The fraction of sp³-hybridized carbons (Fsp3) is 0.333. The van der Waals surface area contributed by atoms with E-state index < -0.39 is 0 Å². The van der Waals surface area contributed by atoms with Crippen LogP contribution in [0.5, 0.6) is 0 Å². The van der Waals surface area contributed by atoms with Crippen LogP contribution in [0.25, 0.3) is 0 Å². The molecule has 0 bridgehead atoms. The molecule has 15 heavy (non-hydrogen) atoms. The molecule has 0 aromatic heterocycles. The Morgan fingerprint density at radius 1 is 1.33 bits per heavy atom. The Kier molecular flexibility index (Phi) is 3.46. The molecule has 0 unspecified atom stereocenters. The van der Waals surface area contributed by atoms with Gasteiger partial charge in [-0.05, 0) is 26.0 Å². The second-order valence-electron chi connectivity index (χ2n) is 3.70. The van der Waals surface area contributed by atoms with E-state index in [9.17, 15) is 4.79 Å². The second kappa shape index (κ2) is 4.61. The number of hydrogen-bond donors (Lipinski definition) is 0. The lowest BCUT2D eigenvalue weighted by molar-refractivity contribution is 0.0812. The first-order valence-corrected chi connectivity index (χ1v) is 4.75. The Morgan fingerprint density at radius 2 is 1.87 bits per heavy atom. The van der Waals surface area contributed by atoms with Gasteiger partial charge in [-0.2, -0.15) is 5.26 Å². The van der Waals surface area contributed by atoms with E-state index in [1.165, 1.54) is 4.90 Å². The van der Waals surface area contributed by atoms with E-state index in [-0.39, 0.29) is 12.5 Å². The molecule has 0 fully saturated rings. The highest BCUT2D eigenvalue weighted by Crippen LogP contribution is 2.10. The van der Waals surface area contributed by atoms with Crippen molar-refractivity contribution in [2.45, 2.75) is 13.8 Å². The maximum atomic E-state index is 11.8. The summed E-state index contributed by atoms with van der Waals surface area (Å²) in [6.45, 7) is 4.02. The highest BCUT2D eigenvalue weighted by Gasteiger charge is 2.11. The average Bonchev–Trinajstić information content (AvgIpc) is 2.15. The summed E-state index contributed by atoms with van der Waals surface area (Å²) in [5, 5.41) is 8.50. The molecule has 0 spiro atoms. The molecule has 78 valence electrons. The minimum Gasteiger partial charge on any atom is -0.328 e. The molecule has 0 aliphatic carbocycles. The largest absolute Gasteiger partial charge is 0.328 e. The van der Waals surface area contributed by atoms with Gasteiger partial charge < -0.3 is 4.90 Å². The molecule has 1 rings (SSSR count). The van der Waals surface area contributed by atoms with Crippen LogP contribution in [0.15, 0.2) is 18.2 Å². The van der Waals surface area contributed by atoms with Crippen LogP contribution in [0.1, 0.15) is 21.5 Å². The number of hydrogen-bond acceptors (Lipinski definition) is 2. The van der Waals surface area contributed by atoms with Crippen molar-refractivity contribution in [1.29, 1.82) is 5.26 Å². The zero-order chi connectivity index (χ0) is 11.4. The Balaban J connectivity index is 2.97.